The van der Waals surface area contributed by atoms with Gasteiger partial charge in [-0.05, 0) is 30.5 Å². The zero-order chi connectivity index (χ0) is 16.5. The van der Waals surface area contributed by atoms with Gasteiger partial charge in [-0.1, -0.05) is 31.4 Å². The van der Waals surface area contributed by atoms with E-state index in [-0.39, 0.29) is 12.5 Å². The summed E-state index contributed by atoms with van der Waals surface area (Å²) in [6.07, 6.45) is 5.99. The molecule has 2 rings (SSSR count). The Morgan fingerprint density at radius 3 is 2.57 bits per heavy atom. The van der Waals surface area contributed by atoms with Gasteiger partial charge in [0, 0.05) is 19.1 Å². The van der Waals surface area contributed by atoms with Crippen molar-refractivity contribution >= 4 is 5.91 Å². The number of rotatable bonds is 8. The Labute approximate surface area is 138 Å². The van der Waals surface area contributed by atoms with Gasteiger partial charge in [-0.2, -0.15) is 0 Å². The van der Waals surface area contributed by atoms with Crippen LogP contribution in [0.25, 0.3) is 0 Å². The number of hydrogen-bond donors (Lipinski definition) is 2. The summed E-state index contributed by atoms with van der Waals surface area (Å²) >= 11 is 0. The van der Waals surface area contributed by atoms with Crippen LogP contribution >= 0.6 is 0 Å². The van der Waals surface area contributed by atoms with Gasteiger partial charge in [-0.3, -0.25) is 9.69 Å². The molecule has 0 aromatic heterocycles. The molecule has 1 aliphatic rings. The molecule has 1 amide bonds. The average Bonchev–Trinajstić information content (AvgIpc) is 2.61. The third-order valence-electron chi connectivity index (χ3n) is 4.47. The maximum absolute atomic E-state index is 12.2. The predicted molar refractivity (Wildman–Crippen MR) is 90.4 cm³/mol. The fourth-order valence-electron chi connectivity index (χ4n) is 3.15. The Kier molecular flexibility index (Phi) is 7.36. The summed E-state index contributed by atoms with van der Waals surface area (Å²) in [5.74, 6) is 0.825. The summed E-state index contributed by atoms with van der Waals surface area (Å²) in [6.45, 7) is 1.55. The highest BCUT2D eigenvalue weighted by Crippen LogP contribution is 2.22. The lowest BCUT2D eigenvalue weighted by atomic mass is 9.94. The van der Waals surface area contributed by atoms with E-state index >= 15 is 0 Å². The Hall–Kier alpha value is -1.59. The molecule has 1 saturated carbocycles. The first-order chi connectivity index (χ1) is 11.2. The normalized spacial score (nSPS) is 15.6. The number of nitrogens with zero attached hydrogens (tertiary/aromatic N) is 1. The molecular formula is C18H28N2O3. The molecular weight excluding hydrogens is 292 g/mol. The SMILES string of the molecule is COc1ccc(CNC(=O)CN(CCO)C2CCCCC2)cc1. The van der Waals surface area contributed by atoms with E-state index in [1.807, 2.05) is 24.3 Å². The number of ether oxygens (including phenoxy) is 1. The number of carbonyl (C=O) groups is 1. The topological polar surface area (TPSA) is 61.8 Å². The molecule has 0 saturated heterocycles. The van der Waals surface area contributed by atoms with Crippen LogP contribution in [0, 0.1) is 0 Å². The van der Waals surface area contributed by atoms with Crippen molar-refractivity contribution in [3.8, 4) is 5.75 Å². The van der Waals surface area contributed by atoms with Crippen molar-refractivity contribution in [2.45, 2.75) is 44.7 Å². The molecule has 0 radical (unpaired) electrons. The maximum Gasteiger partial charge on any atom is 0.234 e. The first-order valence-corrected chi connectivity index (χ1v) is 8.47. The Morgan fingerprint density at radius 1 is 1.26 bits per heavy atom. The molecule has 1 fully saturated rings. The molecule has 1 aromatic carbocycles. The summed E-state index contributed by atoms with van der Waals surface area (Å²) in [5, 5.41) is 12.2. The first kappa shape index (κ1) is 17.8. The lowest BCUT2D eigenvalue weighted by Gasteiger charge is -2.33. The summed E-state index contributed by atoms with van der Waals surface area (Å²) in [4.78, 5) is 14.3. The van der Waals surface area contributed by atoms with Crippen molar-refractivity contribution in [2.75, 3.05) is 26.8 Å². The summed E-state index contributed by atoms with van der Waals surface area (Å²) in [7, 11) is 1.64. The van der Waals surface area contributed by atoms with Crippen LogP contribution in [0.4, 0.5) is 0 Å². The smallest absolute Gasteiger partial charge is 0.234 e. The van der Waals surface area contributed by atoms with Gasteiger partial charge in [0.2, 0.25) is 5.91 Å². The highest BCUT2D eigenvalue weighted by Gasteiger charge is 2.22. The zero-order valence-electron chi connectivity index (χ0n) is 14.0. The molecule has 128 valence electrons. The molecule has 23 heavy (non-hydrogen) atoms. The number of benzene rings is 1. The van der Waals surface area contributed by atoms with Crippen molar-refractivity contribution in [1.29, 1.82) is 0 Å². The zero-order valence-corrected chi connectivity index (χ0v) is 14.0. The number of hydrogen-bond acceptors (Lipinski definition) is 4. The third kappa shape index (κ3) is 5.84. The first-order valence-electron chi connectivity index (χ1n) is 8.47. The molecule has 1 aromatic rings. The van der Waals surface area contributed by atoms with Crippen LogP contribution in [0.1, 0.15) is 37.7 Å². The molecule has 0 atom stereocenters. The van der Waals surface area contributed by atoms with Gasteiger partial charge in [0.15, 0.2) is 0 Å². The van der Waals surface area contributed by atoms with Crippen molar-refractivity contribution in [2.24, 2.45) is 0 Å². The van der Waals surface area contributed by atoms with Crippen molar-refractivity contribution < 1.29 is 14.6 Å². The van der Waals surface area contributed by atoms with E-state index in [1.165, 1.54) is 19.3 Å². The van der Waals surface area contributed by atoms with E-state index in [2.05, 4.69) is 10.2 Å². The predicted octanol–water partition coefficient (Wildman–Crippen LogP) is 1.94. The standard InChI is InChI=1S/C18H28N2O3/c1-23-17-9-7-15(8-10-17)13-19-18(22)14-20(11-12-21)16-5-3-2-4-6-16/h7-10,16,21H,2-6,11-14H2,1H3,(H,19,22). The fraction of sp³-hybridized carbons (Fsp3) is 0.611. The quantitative estimate of drug-likeness (QED) is 0.768. The van der Waals surface area contributed by atoms with E-state index in [0.717, 1.165) is 24.2 Å². The minimum absolute atomic E-state index is 0.0137. The molecule has 5 heteroatoms. The molecule has 0 spiro atoms. The van der Waals surface area contributed by atoms with Gasteiger partial charge in [0.05, 0.1) is 20.3 Å². The molecule has 0 bridgehead atoms. The maximum atomic E-state index is 12.2. The molecule has 5 nitrogen and oxygen atoms in total. The molecule has 2 N–H and O–H groups in total. The van der Waals surface area contributed by atoms with E-state index in [1.54, 1.807) is 7.11 Å². The summed E-state index contributed by atoms with van der Waals surface area (Å²) in [5.41, 5.74) is 1.05. The Balaban J connectivity index is 1.80. The van der Waals surface area contributed by atoms with Crippen molar-refractivity contribution in [1.82, 2.24) is 10.2 Å². The molecule has 0 heterocycles. The van der Waals surface area contributed by atoms with Gasteiger partial charge >= 0.3 is 0 Å². The molecule has 1 aliphatic carbocycles. The number of aliphatic hydroxyl groups is 1. The third-order valence-corrected chi connectivity index (χ3v) is 4.47. The Morgan fingerprint density at radius 2 is 1.96 bits per heavy atom. The second-order valence-corrected chi connectivity index (χ2v) is 6.11. The van der Waals surface area contributed by atoms with Gasteiger partial charge in [0.25, 0.3) is 0 Å². The number of amides is 1. The minimum Gasteiger partial charge on any atom is -0.497 e. The molecule has 0 unspecified atom stereocenters. The second-order valence-electron chi connectivity index (χ2n) is 6.11. The van der Waals surface area contributed by atoms with Gasteiger partial charge < -0.3 is 15.2 Å². The van der Waals surface area contributed by atoms with E-state index in [4.69, 9.17) is 4.74 Å². The number of carbonyl (C=O) groups excluding carboxylic acids is 1. The lowest BCUT2D eigenvalue weighted by Crippen LogP contribution is -2.45. The second kappa shape index (κ2) is 9.53. The van der Waals surface area contributed by atoms with E-state index in [0.29, 0.717) is 25.7 Å². The van der Waals surface area contributed by atoms with Gasteiger partial charge in [0.1, 0.15) is 5.75 Å². The summed E-state index contributed by atoms with van der Waals surface area (Å²) in [6, 6.07) is 8.11. The fourth-order valence-corrected chi connectivity index (χ4v) is 3.15. The van der Waals surface area contributed by atoms with Gasteiger partial charge in [-0.25, -0.2) is 0 Å². The van der Waals surface area contributed by atoms with Crippen LogP contribution in [0.3, 0.4) is 0 Å². The van der Waals surface area contributed by atoms with Gasteiger partial charge in [-0.15, -0.1) is 0 Å². The minimum atomic E-state index is 0.0137. The highest BCUT2D eigenvalue weighted by molar-refractivity contribution is 5.78. The Bertz CT molecular complexity index is 470. The monoisotopic (exact) mass is 320 g/mol. The largest absolute Gasteiger partial charge is 0.497 e. The molecule has 0 aliphatic heterocycles. The average molecular weight is 320 g/mol. The van der Waals surface area contributed by atoms with Crippen LogP contribution in [0.15, 0.2) is 24.3 Å². The number of nitrogens with one attached hydrogen (secondary N) is 1. The van der Waals surface area contributed by atoms with Crippen LogP contribution < -0.4 is 10.1 Å². The van der Waals surface area contributed by atoms with Crippen LogP contribution in [0.2, 0.25) is 0 Å². The van der Waals surface area contributed by atoms with E-state index < -0.39 is 0 Å². The highest BCUT2D eigenvalue weighted by atomic mass is 16.5. The van der Waals surface area contributed by atoms with Crippen LogP contribution in [-0.4, -0.2) is 48.8 Å². The lowest BCUT2D eigenvalue weighted by molar-refractivity contribution is -0.123. The van der Waals surface area contributed by atoms with Crippen molar-refractivity contribution in [3.05, 3.63) is 29.8 Å². The number of methoxy groups -OCH3 is 1. The number of aliphatic hydroxyl groups excluding tert-OH is 1. The summed E-state index contributed by atoms with van der Waals surface area (Å²) < 4.78 is 5.12. The van der Waals surface area contributed by atoms with Crippen LogP contribution in [-0.2, 0) is 11.3 Å². The van der Waals surface area contributed by atoms with Crippen molar-refractivity contribution in [3.63, 3.8) is 0 Å². The van der Waals surface area contributed by atoms with Crippen LogP contribution in [0.5, 0.6) is 5.75 Å². The van der Waals surface area contributed by atoms with E-state index in [9.17, 15) is 9.90 Å².